The maximum atomic E-state index is 11.2. The molecule has 0 saturated carbocycles. The van der Waals surface area contributed by atoms with Gasteiger partial charge in [0.25, 0.3) is 0 Å². The average Bonchev–Trinajstić information content (AvgIpc) is 1.96. The van der Waals surface area contributed by atoms with Crippen LogP contribution in [0.4, 0.5) is 0 Å². The summed E-state index contributed by atoms with van der Waals surface area (Å²) in [5, 5.41) is 0. The Bertz CT molecular complexity index is 217. The molecule has 0 N–H and O–H groups in total. The summed E-state index contributed by atoms with van der Waals surface area (Å²) in [7, 11) is 5.95. The Kier molecular flexibility index (Phi) is 2.80. The van der Waals surface area contributed by atoms with Crippen molar-refractivity contribution in [2.45, 2.75) is 0 Å². The third-order valence-corrected chi connectivity index (χ3v) is 6.78. The van der Waals surface area contributed by atoms with Crippen molar-refractivity contribution in [2.75, 3.05) is 32.8 Å². The Morgan fingerprint density at radius 1 is 1.31 bits per heavy atom. The zero-order valence-corrected chi connectivity index (χ0v) is 9.85. The Morgan fingerprint density at radius 2 is 1.92 bits per heavy atom. The molecule has 74 valence electrons. The number of hydrogen-bond acceptors (Lipinski definition) is 5. The van der Waals surface area contributed by atoms with Crippen LogP contribution in [0.25, 0.3) is 0 Å². The molecule has 0 aromatic carbocycles. The van der Waals surface area contributed by atoms with E-state index in [-0.39, 0.29) is 5.97 Å². The van der Waals surface area contributed by atoms with Gasteiger partial charge in [0.15, 0.2) is 0 Å². The molecule has 3 heterocycles. The predicted octanol–water partition coefficient (Wildman–Crippen LogP) is -0.434. The number of nitrogens with zero attached hydrogens (tertiary/aromatic N) is 1. The van der Waals surface area contributed by atoms with Crippen LogP contribution in [0.15, 0.2) is 0 Å². The van der Waals surface area contributed by atoms with Crippen LogP contribution in [0.3, 0.4) is 0 Å². The van der Waals surface area contributed by atoms with Crippen molar-refractivity contribution in [1.82, 2.24) is 4.90 Å². The third-order valence-electron chi connectivity index (χ3n) is 1.95. The molecule has 5 nitrogen and oxygen atoms in total. The van der Waals surface area contributed by atoms with Gasteiger partial charge in [-0.1, -0.05) is 0 Å². The Hall–Kier alpha value is 0.183. The van der Waals surface area contributed by atoms with Gasteiger partial charge in [0.1, 0.15) is 0 Å². The topological polar surface area (TPSA) is 48.0 Å². The molecule has 0 radical (unpaired) electrons. The van der Waals surface area contributed by atoms with E-state index in [9.17, 15) is 4.79 Å². The second kappa shape index (κ2) is 3.74. The summed E-state index contributed by atoms with van der Waals surface area (Å²) in [5.74, 6) is -0.339. The minimum absolute atomic E-state index is 0.298. The molecular weight excluding hydrogens is 258 g/mol. The first-order valence-corrected chi connectivity index (χ1v) is 9.42. The van der Waals surface area contributed by atoms with Gasteiger partial charge in [0, 0.05) is 0 Å². The van der Waals surface area contributed by atoms with Gasteiger partial charge in [-0.05, 0) is 0 Å². The molecule has 2 bridgehead atoms. The molecule has 7 heteroatoms. The van der Waals surface area contributed by atoms with Crippen molar-refractivity contribution >= 4 is 29.3 Å². The summed E-state index contributed by atoms with van der Waals surface area (Å²) < 4.78 is 15.5. The van der Waals surface area contributed by atoms with Crippen molar-refractivity contribution in [3.63, 3.8) is 0 Å². The van der Waals surface area contributed by atoms with Crippen LogP contribution in [0.1, 0.15) is 0 Å². The first-order valence-electron chi connectivity index (χ1n) is 4.09. The molecule has 0 aliphatic carbocycles. The monoisotopic (exact) mass is 269 g/mol. The molecule has 0 aromatic rings. The van der Waals surface area contributed by atoms with E-state index in [0.29, 0.717) is 19.8 Å². The normalized spacial score (nSPS) is 40.4. The van der Waals surface area contributed by atoms with Crippen LogP contribution >= 0.6 is 10.0 Å². The van der Waals surface area contributed by atoms with Crippen LogP contribution in [0.2, 0.25) is 0 Å². The molecule has 0 unspecified atom stereocenters. The number of carbonyl (C=O) groups is 1. The minimum atomic E-state index is -3.66. The number of carbonyl (C=O) groups excluding carboxylic acids is 1. The molecule has 0 amide bonds. The number of rotatable bonds is 0. The second-order valence-electron chi connectivity index (χ2n) is 2.93. The van der Waals surface area contributed by atoms with Gasteiger partial charge in [0.2, 0.25) is 0 Å². The number of halogens is 1. The second-order valence-corrected chi connectivity index (χ2v) is 8.99. The van der Waals surface area contributed by atoms with Gasteiger partial charge in [-0.25, -0.2) is 0 Å². The summed E-state index contributed by atoms with van der Waals surface area (Å²) >= 11 is -3.66. The summed E-state index contributed by atoms with van der Waals surface area (Å²) in [5.41, 5.74) is 0. The number of hydrogen-bond donors (Lipinski definition) is 0. The van der Waals surface area contributed by atoms with E-state index < -0.39 is 13.3 Å². The van der Waals surface area contributed by atoms with E-state index in [2.05, 4.69) is 0 Å². The molecule has 3 saturated heterocycles. The molecule has 0 spiro atoms. The molecule has 3 aliphatic heterocycles. The van der Waals surface area contributed by atoms with Crippen molar-refractivity contribution in [3.05, 3.63) is 0 Å². The Balaban J connectivity index is 2.15. The first-order chi connectivity index (χ1) is 6.18. The van der Waals surface area contributed by atoms with E-state index in [1.807, 2.05) is 4.90 Å². The van der Waals surface area contributed by atoms with Gasteiger partial charge < -0.3 is 0 Å². The maximum absolute atomic E-state index is 11.2. The molecule has 0 aromatic heterocycles. The summed E-state index contributed by atoms with van der Waals surface area (Å²) in [6.07, 6.45) is 0. The van der Waals surface area contributed by atoms with Crippen molar-refractivity contribution in [3.8, 4) is 0 Å². The number of fused-ring (bicyclic) bond motifs is 6. The molecule has 3 aliphatic rings. The fourth-order valence-corrected chi connectivity index (χ4v) is 5.10. The van der Waals surface area contributed by atoms with Crippen LogP contribution < -0.4 is 0 Å². The predicted molar refractivity (Wildman–Crippen MR) is 46.0 cm³/mol. The summed E-state index contributed by atoms with van der Waals surface area (Å²) in [6.45, 7) is 2.70. The van der Waals surface area contributed by atoms with Gasteiger partial charge >= 0.3 is 83.2 Å². The van der Waals surface area contributed by atoms with Crippen molar-refractivity contribution in [1.29, 1.82) is 0 Å². The van der Waals surface area contributed by atoms with Gasteiger partial charge in [-0.15, -0.1) is 0 Å². The fourth-order valence-electron chi connectivity index (χ4n) is 1.31. The van der Waals surface area contributed by atoms with Crippen LogP contribution in [0.5, 0.6) is 0 Å². The van der Waals surface area contributed by atoms with Crippen molar-refractivity contribution < 1.29 is 16.1 Å². The summed E-state index contributed by atoms with van der Waals surface area (Å²) in [6, 6.07) is 0. The molecule has 3 rings (SSSR count). The SMILES string of the molecule is O=C1CN2CC[O][Ge]([Cl])([O]CC2)[O]1. The van der Waals surface area contributed by atoms with E-state index in [4.69, 9.17) is 21.3 Å². The van der Waals surface area contributed by atoms with Gasteiger partial charge in [-0.3, -0.25) is 0 Å². The zero-order chi connectivity index (χ0) is 9.31. The first kappa shape index (κ1) is 9.73. The quantitative estimate of drug-likeness (QED) is 0.558. The van der Waals surface area contributed by atoms with Gasteiger partial charge in [-0.2, -0.15) is 0 Å². The van der Waals surface area contributed by atoms with E-state index in [1.165, 1.54) is 0 Å². The van der Waals surface area contributed by atoms with Crippen LogP contribution in [0, 0.1) is 0 Å². The third kappa shape index (κ3) is 2.35. The van der Waals surface area contributed by atoms with Crippen LogP contribution in [-0.2, 0) is 16.1 Å². The van der Waals surface area contributed by atoms with E-state index in [0.717, 1.165) is 13.1 Å². The standard InChI is InChI=1S/C6H10ClGeNO4/c7-8-11-3-1-9(2-4-12-8)5-6(10)13-8/h1-5H2. The Morgan fingerprint density at radius 3 is 2.54 bits per heavy atom. The fraction of sp³-hybridized carbons (Fsp3) is 0.833. The van der Waals surface area contributed by atoms with Gasteiger partial charge in [0.05, 0.1) is 0 Å². The summed E-state index contributed by atoms with van der Waals surface area (Å²) in [4.78, 5) is 13.1. The van der Waals surface area contributed by atoms with Crippen molar-refractivity contribution in [2.24, 2.45) is 0 Å². The molecule has 3 fully saturated rings. The molecule has 0 atom stereocenters. The van der Waals surface area contributed by atoms with E-state index >= 15 is 0 Å². The molecule has 13 heavy (non-hydrogen) atoms. The average molecular weight is 268 g/mol. The van der Waals surface area contributed by atoms with Crippen LogP contribution in [-0.4, -0.2) is 57.1 Å². The Labute approximate surface area is 83.4 Å². The van der Waals surface area contributed by atoms with E-state index in [1.54, 1.807) is 0 Å². The zero-order valence-electron chi connectivity index (χ0n) is 6.99. The molecular formula is C6H10ClGeNO4.